The van der Waals surface area contributed by atoms with E-state index in [1.54, 1.807) is 17.4 Å². The predicted molar refractivity (Wildman–Crippen MR) is 265 cm³/mol. The molecule has 9 rings (SSSR count). The number of hydrogen-bond donors (Lipinski definition) is 3. The summed E-state index contributed by atoms with van der Waals surface area (Å²) in [5, 5.41) is 17.8. The van der Waals surface area contributed by atoms with Gasteiger partial charge in [0.2, 0.25) is 17.7 Å². The Balaban J connectivity index is 0.774. The smallest absolute Gasteiger partial charge is 0.282 e. The van der Waals surface area contributed by atoms with Gasteiger partial charge in [0.1, 0.15) is 17.9 Å². The zero-order valence-corrected chi connectivity index (χ0v) is 41.3. The van der Waals surface area contributed by atoms with E-state index in [9.17, 15) is 24.3 Å². The first-order chi connectivity index (χ1) is 31.9. The summed E-state index contributed by atoms with van der Waals surface area (Å²) in [6.45, 7) is 16.0. The van der Waals surface area contributed by atoms with E-state index < -0.39 is 29.0 Å². The fourth-order valence-corrected chi connectivity index (χ4v) is 12.4. The number of amides is 3. The number of benzene rings is 3. The van der Waals surface area contributed by atoms with Crippen molar-refractivity contribution in [3.05, 3.63) is 110 Å². The normalized spacial score (nSPS) is 22.9. The lowest BCUT2D eigenvalue weighted by Crippen LogP contribution is -2.58. The number of likely N-dealkylation sites (tertiary alicyclic amines) is 2. The van der Waals surface area contributed by atoms with Gasteiger partial charge in [-0.15, -0.1) is 11.3 Å². The van der Waals surface area contributed by atoms with Crippen LogP contribution in [0, 0.1) is 18.3 Å². The third kappa shape index (κ3) is 9.21. The summed E-state index contributed by atoms with van der Waals surface area (Å²) in [6, 6.07) is 18.9. The van der Waals surface area contributed by atoms with Crippen LogP contribution in [0.1, 0.15) is 133 Å². The van der Waals surface area contributed by atoms with Gasteiger partial charge in [0.15, 0.2) is 0 Å². The number of nitrogens with one attached hydrogen (secondary N) is 2. The second-order valence-corrected chi connectivity index (χ2v) is 22.4. The average molecular weight is 947 g/mol. The van der Waals surface area contributed by atoms with Crippen LogP contribution in [0.15, 0.2) is 71.0 Å². The number of fused-ring (bicyclic) bond motifs is 5. The predicted octanol–water partition coefficient (Wildman–Crippen LogP) is 8.61. The van der Waals surface area contributed by atoms with E-state index >= 15 is 0 Å². The molecule has 5 heterocycles. The molecule has 14 heteroatoms. The van der Waals surface area contributed by atoms with Crippen LogP contribution in [0.4, 0.5) is 0 Å². The molecule has 3 amide bonds. The molecule has 0 radical (unpaired) electrons. The largest absolute Gasteiger partial charge is 0.391 e. The number of halogens is 1. The van der Waals surface area contributed by atoms with Crippen molar-refractivity contribution >= 4 is 51.6 Å². The third-order valence-electron chi connectivity index (χ3n) is 15.2. The zero-order valence-electron chi connectivity index (χ0n) is 39.8. The van der Waals surface area contributed by atoms with Gasteiger partial charge in [-0.1, -0.05) is 74.8 Å². The SMILES string of the molecule is Cc1ncsc1-c1ccc([C@H](C)NC(=O)[C@@H]2C[C@@H](O)CN2C(=O)[C@@H](NC(=O)CC2CCC(N3CCC(c4ccc5c(c4)-n4c(nc(=O)c6c(Cl)cccc64)C5(C)C)CC3)CC2)C(C)(C)C)cc1. The highest BCUT2D eigenvalue weighted by atomic mass is 35.5. The van der Waals surface area contributed by atoms with Crippen molar-refractivity contribution in [1.82, 2.24) is 35.0 Å². The highest BCUT2D eigenvalue weighted by molar-refractivity contribution is 7.13. The number of carbonyl (C=O) groups is 3. The minimum absolute atomic E-state index is 0.0340. The Bertz CT molecular complexity index is 2750. The van der Waals surface area contributed by atoms with Crippen molar-refractivity contribution in [3.63, 3.8) is 0 Å². The first-order valence-electron chi connectivity index (χ1n) is 24.1. The Morgan fingerprint density at radius 1 is 0.970 bits per heavy atom. The molecule has 2 aromatic heterocycles. The van der Waals surface area contributed by atoms with Crippen LogP contribution in [0.2, 0.25) is 5.02 Å². The van der Waals surface area contributed by atoms with Gasteiger partial charge in [-0.2, -0.15) is 4.98 Å². The molecule has 3 aliphatic heterocycles. The number of nitrogens with zero attached hydrogens (tertiary/aromatic N) is 5. The molecule has 0 spiro atoms. The summed E-state index contributed by atoms with van der Waals surface area (Å²) in [5.74, 6) is 0.580. The van der Waals surface area contributed by atoms with Gasteiger partial charge >= 0.3 is 0 Å². The lowest BCUT2D eigenvalue weighted by atomic mass is 9.80. The number of thiazole rings is 1. The van der Waals surface area contributed by atoms with Crippen LogP contribution in [-0.4, -0.2) is 91.0 Å². The molecule has 3 fully saturated rings. The lowest BCUT2D eigenvalue weighted by molar-refractivity contribution is -0.144. The molecule has 0 unspecified atom stereocenters. The van der Waals surface area contributed by atoms with Gasteiger partial charge in [0, 0.05) is 25.4 Å². The molecule has 67 heavy (non-hydrogen) atoms. The van der Waals surface area contributed by atoms with Crippen LogP contribution in [-0.2, 0) is 19.8 Å². The van der Waals surface area contributed by atoms with Gasteiger partial charge in [0.25, 0.3) is 5.56 Å². The number of hydrogen-bond acceptors (Lipinski definition) is 9. The maximum Gasteiger partial charge on any atom is 0.282 e. The van der Waals surface area contributed by atoms with Crippen LogP contribution in [0.3, 0.4) is 0 Å². The summed E-state index contributed by atoms with van der Waals surface area (Å²) in [5.41, 5.74) is 7.81. The number of aryl methyl sites for hydroxylation is 1. The third-order valence-corrected chi connectivity index (χ3v) is 16.5. The summed E-state index contributed by atoms with van der Waals surface area (Å²) < 4.78 is 2.14. The van der Waals surface area contributed by atoms with Gasteiger partial charge in [-0.25, -0.2) is 4.98 Å². The quantitative estimate of drug-likeness (QED) is 0.126. The Labute approximate surface area is 402 Å². The Kier molecular flexibility index (Phi) is 13.0. The van der Waals surface area contributed by atoms with Crippen molar-refractivity contribution in [2.24, 2.45) is 11.3 Å². The maximum atomic E-state index is 14.3. The molecule has 0 bridgehead atoms. The van der Waals surface area contributed by atoms with E-state index in [1.807, 2.05) is 76.5 Å². The van der Waals surface area contributed by atoms with Crippen molar-refractivity contribution in [3.8, 4) is 16.1 Å². The van der Waals surface area contributed by atoms with E-state index in [-0.39, 0.29) is 48.2 Å². The van der Waals surface area contributed by atoms with E-state index in [0.717, 1.165) is 95.9 Å². The molecular formula is C53H64ClN7O5S. The number of aliphatic hydroxyl groups is 1. The van der Waals surface area contributed by atoms with Crippen LogP contribution in [0.25, 0.3) is 27.0 Å². The lowest BCUT2D eigenvalue weighted by Gasteiger charge is -2.41. The van der Waals surface area contributed by atoms with E-state index in [2.05, 4.69) is 62.1 Å². The number of aromatic nitrogens is 3. The summed E-state index contributed by atoms with van der Waals surface area (Å²) in [6.07, 6.45) is 5.74. The zero-order chi connectivity index (χ0) is 47.5. The van der Waals surface area contributed by atoms with E-state index in [1.165, 1.54) is 10.5 Å². The second-order valence-electron chi connectivity index (χ2n) is 21.2. The van der Waals surface area contributed by atoms with Crippen LogP contribution in [0.5, 0.6) is 0 Å². The molecule has 5 aromatic rings. The highest BCUT2D eigenvalue weighted by Crippen LogP contribution is 2.45. The van der Waals surface area contributed by atoms with Gasteiger partial charge in [-0.3, -0.25) is 23.7 Å². The number of piperidine rings is 1. The minimum atomic E-state index is -0.857. The number of carbonyl (C=O) groups excluding carboxylic acids is 3. The van der Waals surface area contributed by atoms with Crippen molar-refractivity contribution < 1.29 is 19.5 Å². The van der Waals surface area contributed by atoms with Crippen LogP contribution >= 0.6 is 22.9 Å². The Hall–Kier alpha value is -4.95. The summed E-state index contributed by atoms with van der Waals surface area (Å²) in [7, 11) is 0. The second kappa shape index (κ2) is 18.5. The van der Waals surface area contributed by atoms with Crippen molar-refractivity contribution in [1.29, 1.82) is 0 Å². The first kappa shape index (κ1) is 47.1. The Morgan fingerprint density at radius 2 is 1.69 bits per heavy atom. The molecule has 1 saturated carbocycles. The highest BCUT2D eigenvalue weighted by Gasteiger charge is 2.45. The first-order valence-corrected chi connectivity index (χ1v) is 25.3. The summed E-state index contributed by atoms with van der Waals surface area (Å²) in [4.78, 5) is 69.2. The molecule has 12 nitrogen and oxygen atoms in total. The number of rotatable bonds is 10. The summed E-state index contributed by atoms with van der Waals surface area (Å²) >= 11 is 8.12. The van der Waals surface area contributed by atoms with Gasteiger partial charge in [0.05, 0.1) is 55.3 Å². The minimum Gasteiger partial charge on any atom is -0.391 e. The number of β-amino-alcohol motifs (C(OH)–C–C–N with tert-alkyl or cyclic N) is 1. The fourth-order valence-electron chi connectivity index (χ4n) is 11.3. The molecule has 4 aliphatic rings. The maximum absolute atomic E-state index is 14.3. The molecule has 354 valence electrons. The van der Waals surface area contributed by atoms with Gasteiger partial charge < -0.3 is 25.5 Å². The van der Waals surface area contributed by atoms with E-state index in [0.29, 0.717) is 28.8 Å². The molecule has 3 N–H and O–H groups in total. The standard InChI is InChI=1S/C53H64ClN7O5S/c1-30(33-13-15-35(16-14-33)46-31(2)55-29-67-46)56-48(64)43-27-38(62)28-60(43)50(66)47(52(3,4)5)57-44(63)25-32-11-18-37(19-12-32)59-23-21-34(22-24-59)36-17-20-39-42(26-36)61-41-10-8-9-40(54)45(41)49(65)58-51(61)53(39,6)7/h8-10,13-17,20,26,29-30,32,34,37-38,43,47,62H,11-12,18-19,21-25,27-28H2,1-7H3,(H,56,64)(H,57,63)/t30-,32?,37?,38+,43-,47+/m0/s1. The fraction of sp³-hybridized carbons (Fsp3) is 0.509. The van der Waals surface area contributed by atoms with Crippen LogP contribution < -0.4 is 16.2 Å². The van der Waals surface area contributed by atoms with E-state index in [4.69, 9.17) is 11.6 Å². The Morgan fingerprint density at radius 3 is 2.36 bits per heavy atom. The monoisotopic (exact) mass is 945 g/mol. The van der Waals surface area contributed by atoms with Gasteiger partial charge in [-0.05, 0) is 137 Å². The average Bonchev–Trinajstić information content (AvgIpc) is 3.98. The topological polar surface area (TPSA) is 150 Å². The van der Waals surface area contributed by atoms with Crippen molar-refractivity contribution in [2.75, 3.05) is 19.6 Å². The molecule has 4 atom stereocenters. The number of aliphatic hydroxyl groups excluding tert-OH is 1. The molecular weight excluding hydrogens is 882 g/mol. The molecule has 2 saturated heterocycles. The molecule has 1 aliphatic carbocycles. The van der Waals surface area contributed by atoms with Crippen molar-refractivity contribution in [2.45, 2.75) is 141 Å². The molecule has 3 aromatic carbocycles.